The van der Waals surface area contributed by atoms with Gasteiger partial charge in [-0.15, -0.1) is 0 Å². The van der Waals surface area contributed by atoms with Crippen LogP contribution in [0.3, 0.4) is 0 Å². The van der Waals surface area contributed by atoms with Crippen molar-refractivity contribution in [3.05, 3.63) is 0 Å². The predicted molar refractivity (Wildman–Crippen MR) is 32.1 cm³/mol. The van der Waals surface area contributed by atoms with E-state index in [0.29, 0.717) is 5.92 Å². The number of hydrogen-bond donors (Lipinski definition) is 0. The molecule has 1 atom stereocenters. The van der Waals surface area contributed by atoms with Crippen LogP contribution >= 0.6 is 0 Å². The molecule has 0 aliphatic heterocycles. The molecule has 44 valence electrons. The molecule has 0 heterocycles. The van der Waals surface area contributed by atoms with Crippen LogP contribution < -0.4 is 0 Å². The molecular weight excluding hydrogens is 98.1 g/mol. The highest BCUT2D eigenvalue weighted by molar-refractivity contribution is 4.85. The number of rotatable bonds is 2. The van der Waals surface area contributed by atoms with E-state index >= 15 is 0 Å². The second-order valence-corrected chi connectivity index (χ2v) is 2.71. The molecule has 1 rings (SSSR count). The van der Waals surface area contributed by atoms with Gasteiger partial charge in [0, 0.05) is 5.92 Å². The molecule has 0 saturated heterocycles. The molecule has 0 amide bonds. The summed E-state index contributed by atoms with van der Waals surface area (Å²) in [5.74, 6) is 1.20. The lowest BCUT2D eigenvalue weighted by atomic mass is 10.1. The zero-order valence-electron chi connectivity index (χ0n) is 5.22. The molecule has 0 radical (unpaired) electrons. The average Bonchev–Trinajstić information content (AvgIpc) is 2.50. The van der Waals surface area contributed by atoms with E-state index in [4.69, 9.17) is 5.26 Å². The molecule has 8 heavy (non-hydrogen) atoms. The summed E-state index contributed by atoms with van der Waals surface area (Å²) in [6.45, 7) is 2.00. The second-order valence-electron chi connectivity index (χ2n) is 2.71. The lowest BCUT2D eigenvalue weighted by molar-refractivity contribution is 0.601. The van der Waals surface area contributed by atoms with Crippen LogP contribution in [0, 0.1) is 23.2 Å². The van der Waals surface area contributed by atoms with Crippen molar-refractivity contribution in [1.29, 1.82) is 5.26 Å². The molecule has 0 N–H and O–H groups in total. The van der Waals surface area contributed by atoms with Crippen LogP contribution in [-0.2, 0) is 0 Å². The Labute approximate surface area is 50.3 Å². The van der Waals surface area contributed by atoms with Crippen LogP contribution in [0.15, 0.2) is 0 Å². The topological polar surface area (TPSA) is 23.8 Å². The van der Waals surface area contributed by atoms with E-state index in [0.717, 1.165) is 12.3 Å². The SMILES string of the molecule is CC(C#N)CC1CC1. The summed E-state index contributed by atoms with van der Waals surface area (Å²) in [7, 11) is 0. The van der Waals surface area contributed by atoms with Gasteiger partial charge in [-0.3, -0.25) is 0 Å². The molecular formula is C7H11N. The Bertz CT molecular complexity index is 108. The van der Waals surface area contributed by atoms with E-state index in [1.54, 1.807) is 0 Å². The van der Waals surface area contributed by atoms with E-state index in [9.17, 15) is 0 Å². The summed E-state index contributed by atoms with van der Waals surface area (Å²) >= 11 is 0. The largest absolute Gasteiger partial charge is 0.198 e. The monoisotopic (exact) mass is 109 g/mol. The molecule has 1 heteroatoms. The number of hydrogen-bond acceptors (Lipinski definition) is 1. The summed E-state index contributed by atoms with van der Waals surface area (Å²) in [6, 6.07) is 2.24. The maximum absolute atomic E-state index is 8.36. The Morgan fingerprint density at radius 2 is 2.38 bits per heavy atom. The molecule has 1 aliphatic carbocycles. The Morgan fingerprint density at radius 1 is 1.75 bits per heavy atom. The van der Waals surface area contributed by atoms with Crippen LogP contribution in [-0.4, -0.2) is 0 Å². The van der Waals surface area contributed by atoms with E-state index in [1.165, 1.54) is 12.8 Å². The van der Waals surface area contributed by atoms with Crippen LogP contribution in [0.2, 0.25) is 0 Å². The van der Waals surface area contributed by atoms with E-state index in [-0.39, 0.29) is 0 Å². The second kappa shape index (κ2) is 2.17. The maximum Gasteiger partial charge on any atom is 0.0652 e. The Hall–Kier alpha value is -0.510. The van der Waals surface area contributed by atoms with Gasteiger partial charge in [-0.2, -0.15) is 5.26 Å². The van der Waals surface area contributed by atoms with Gasteiger partial charge in [-0.25, -0.2) is 0 Å². The predicted octanol–water partition coefficient (Wildman–Crippen LogP) is 1.95. The first kappa shape index (κ1) is 5.62. The van der Waals surface area contributed by atoms with Gasteiger partial charge in [0.15, 0.2) is 0 Å². The average molecular weight is 109 g/mol. The molecule has 0 aromatic rings. The van der Waals surface area contributed by atoms with Crippen LogP contribution in [0.4, 0.5) is 0 Å². The lowest BCUT2D eigenvalue weighted by Gasteiger charge is -1.95. The van der Waals surface area contributed by atoms with Gasteiger partial charge >= 0.3 is 0 Å². The summed E-state index contributed by atoms with van der Waals surface area (Å²) in [5, 5.41) is 8.36. The van der Waals surface area contributed by atoms with Crippen molar-refractivity contribution in [2.24, 2.45) is 11.8 Å². The molecule has 0 aromatic heterocycles. The van der Waals surface area contributed by atoms with Gasteiger partial charge in [0.25, 0.3) is 0 Å². The van der Waals surface area contributed by atoms with Crippen molar-refractivity contribution in [3.63, 3.8) is 0 Å². The lowest BCUT2D eigenvalue weighted by Crippen LogP contribution is -1.89. The van der Waals surface area contributed by atoms with Crippen LogP contribution in [0.25, 0.3) is 0 Å². The molecule has 0 bridgehead atoms. The Morgan fingerprint density at radius 3 is 2.75 bits per heavy atom. The van der Waals surface area contributed by atoms with Gasteiger partial charge in [0.2, 0.25) is 0 Å². The highest BCUT2D eigenvalue weighted by Crippen LogP contribution is 2.34. The molecule has 1 fully saturated rings. The summed E-state index contributed by atoms with van der Waals surface area (Å²) in [4.78, 5) is 0. The molecule has 0 aromatic carbocycles. The fourth-order valence-electron chi connectivity index (χ4n) is 0.906. The third-order valence-corrected chi connectivity index (χ3v) is 1.60. The minimum Gasteiger partial charge on any atom is -0.198 e. The van der Waals surface area contributed by atoms with Crippen molar-refractivity contribution < 1.29 is 0 Å². The zero-order chi connectivity index (χ0) is 5.98. The Kier molecular flexibility index (Phi) is 1.53. The van der Waals surface area contributed by atoms with Crippen molar-refractivity contribution in [1.82, 2.24) is 0 Å². The van der Waals surface area contributed by atoms with Crippen molar-refractivity contribution >= 4 is 0 Å². The minimum atomic E-state index is 0.294. The third kappa shape index (κ3) is 1.54. The van der Waals surface area contributed by atoms with Gasteiger partial charge in [-0.05, 0) is 19.3 Å². The summed E-state index contributed by atoms with van der Waals surface area (Å²) < 4.78 is 0. The molecule has 1 nitrogen and oxygen atoms in total. The summed E-state index contributed by atoms with van der Waals surface area (Å²) in [6.07, 6.45) is 3.87. The van der Waals surface area contributed by atoms with Crippen LogP contribution in [0.1, 0.15) is 26.2 Å². The summed E-state index contributed by atoms with van der Waals surface area (Å²) in [5.41, 5.74) is 0. The van der Waals surface area contributed by atoms with Crippen molar-refractivity contribution in [2.75, 3.05) is 0 Å². The first-order valence-electron chi connectivity index (χ1n) is 3.22. The van der Waals surface area contributed by atoms with Crippen molar-refractivity contribution in [2.45, 2.75) is 26.2 Å². The molecule has 1 saturated carbocycles. The number of nitrogens with zero attached hydrogens (tertiary/aromatic N) is 1. The smallest absolute Gasteiger partial charge is 0.0652 e. The molecule has 1 aliphatic rings. The fraction of sp³-hybridized carbons (Fsp3) is 0.857. The van der Waals surface area contributed by atoms with Crippen molar-refractivity contribution in [3.8, 4) is 6.07 Å². The van der Waals surface area contributed by atoms with Gasteiger partial charge in [0.05, 0.1) is 6.07 Å². The standard InChI is InChI=1S/C7H11N/c1-6(5-8)4-7-2-3-7/h6-7H,2-4H2,1H3. The normalized spacial score (nSPS) is 22.0. The van der Waals surface area contributed by atoms with Gasteiger partial charge in [0.1, 0.15) is 0 Å². The highest BCUT2D eigenvalue weighted by atomic mass is 14.3. The highest BCUT2D eigenvalue weighted by Gasteiger charge is 2.22. The van der Waals surface area contributed by atoms with Gasteiger partial charge < -0.3 is 0 Å². The van der Waals surface area contributed by atoms with E-state index in [1.807, 2.05) is 6.92 Å². The van der Waals surface area contributed by atoms with E-state index in [2.05, 4.69) is 6.07 Å². The minimum absolute atomic E-state index is 0.294. The fourth-order valence-corrected chi connectivity index (χ4v) is 0.906. The van der Waals surface area contributed by atoms with E-state index < -0.39 is 0 Å². The molecule has 0 spiro atoms. The number of nitriles is 1. The zero-order valence-corrected chi connectivity index (χ0v) is 5.22. The first-order chi connectivity index (χ1) is 3.83. The van der Waals surface area contributed by atoms with Crippen LogP contribution in [0.5, 0.6) is 0 Å². The first-order valence-corrected chi connectivity index (χ1v) is 3.22. The van der Waals surface area contributed by atoms with Gasteiger partial charge in [-0.1, -0.05) is 12.8 Å². The maximum atomic E-state index is 8.36. The molecule has 1 unspecified atom stereocenters. The third-order valence-electron chi connectivity index (χ3n) is 1.60. The Balaban J connectivity index is 2.09. The quantitative estimate of drug-likeness (QED) is 0.531.